The zero-order chi connectivity index (χ0) is 11.1. The molecule has 1 fully saturated rings. The molecule has 0 aromatic rings. The predicted octanol–water partition coefficient (Wildman–Crippen LogP) is 0.920. The summed E-state index contributed by atoms with van der Waals surface area (Å²) in [6, 6.07) is 0. The Balaban J connectivity index is 2.90. The fourth-order valence-corrected chi connectivity index (χ4v) is 3.25. The summed E-state index contributed by atoms with van der Waals surface area (Å²) in [6.45, 7) is 3.97. The number of hydrogen-bond donors (Lipinski definition) is 1. The quantitative estimate of drug-likeness (QED) is 0.767. The number of rotatable bonds is 3. The van der Waals surface area contributed by atoms with Crippen LogP contribution in [0.1, 0.15) is 26.7 Å². The molecule has 5 heteroatoms. The molecule has 0 aromatic carbocycles. The van der Waals surface area contributed by atoms with Crippen molar-refractivity contribution in [2.24, 2.45) is 11.8 Å². The van der Waals surface area contributed by atoms with Gasteiger partial charge in [0.05, 0.1) is 0 Å². The Bertz CT molecular complexity index is 336. The first-order chi connectivity index (χ1) is 6.21. The van der Waals surface area contributed by atoms with Crippen molar-refractivity contribution in [2.75, 3.05) is 6.26 Å². The predicted molar refractivity (Wildman–Crippen MR) is 52.8 cm³/mol. The Labute approximate surface area is 84.2 Å². The third-order valence-electron chi connectivity index (χ3n) is 3.23. The van der Waals surface area contributed by atoms with Crippen molar-refractivity contribution in [1.29, 1.82) is 0 Å². The number of sulfone groups is 1. The lowest BCUT2D eigenvalue weighted by atomic mass is 9.69. The van der Waals surface area contributed by atoms with Crippen molar-refractivity contribution in [3.63, 3.8) is 0 Å². The van der Waals surface area contributed by atoms with Crippen molar-refractivity contribution in [1.82, 2.24) is 0 Å². The molecule has 1 rings (SSSR count). The summed E-state index contributed by atoms with van der Waals surface area (Å²) in [7, 11) is -3.49. The van der Waals surface area contributed by atoms with Crippen LogP contribution in [0.25, 0.3) is 0 Å². The molecule has 0 spiro atoms. The van der Waals surface area contributed by atoms with Crippen LogP contribution in [0, 0.1) is 11.8 Å². The van der Waals surface area contributed by atoms with Gasteiger partial charge in [0, 0.05) is 6.26 Å². The largest absolute Gasteiger partial charge is 0.480 e. The van der Waals surface area contributed by atoms with Crippen LogP contribution in [0.5, 0.6) is 0 Å². The van der Waals surface area contributed by atoms with Crippen LogP contribution in [-0.2, 0) is 14.6 Å². The maximum absolute atomic E-state index is 11.4. The van der Waals surface area contributed by atoms with Crippen LogP contribution >= 0.6 is 0 Å². The van der Waals surface area contributed by atoms with Crippen LogP contribution in [0.15, 0.2) is 0 Å². The average Bonchev–Trinajstić information content (AvgIpc) is 1.77. The van der Waals surface area contributed by atoms with Crippen molar-refractivity contribution in [2.45, 2.75) is 31.4 Å². The van der Waals surface area contributed by atoms with Crippen molar-refractivity contribution in [3.8, 4) is 0 Å². The highest BCUT2D eigenvalue weighted by atomic mass is 32.2. The van der Waals surface area contributed by atoms with E-state index in [9.17, 15) is 13.2 Å². The van der Waals surface area contributed by atoms with E-state index < -0.39 is 20.6 Å². The Hall–Kier alpha value is -0.580. The SMILES string of the molecule is CC(C)C1CC(C(=O)O)(S(C)(=O)=O)C1. The minimum Gasteiger partial charge on any atom is -0.480 e. The molecule has 4 nitrogen and oxygen atoms in total. The summed E-state index contributed by atoms with van der Waals surface area (Å²) in [5.41, 5.74) is 0. The van der Waals surface area contributed by atoms with Crippen LogP contribution < -0.4 is 0 Å². The number of aliphatic carboxylic acids is 1. The highest BCUT2D eigenvalue weighted by molar-refractivity contribution is 7.92. The van der Waals surface area contributed by atoms with Crippen LogP contribution in [0.3, 0.4) is 0 Å². The molecule has 0 atom stereocenters. The Morgan fingerprint density at radius 1 is 1.43 bits per heavy atom. The summed E-state index contributed by atoms with van der Waals surface area (Å²) in [4.78, 5) is 10.9. The van der Waals surface area contributed by atoms with E-state index in [1.807, 2.05) is 13.8 Å². The zero-order valence-electron chi connectivity index (χ0n) is 8.65. The van der Waals surface area contributed by atoms with E-state index in [0.29, 0.717) is 5.92 Å². The monoisotopic (exact) mass is 220 g/mol. The average molecular weight is 220 g/mol. The minimum absolute atomic E-state index is 0.223. The smallest absolute Gasteiger partial charge is 0.325 e. The molecule has 0 aliphatic heterocycles. The van der Waals surface area contributed by atoms with Gasteiger partial charge >= 0.3 is 5.97 Å². The second-order valence-electron chi connectivity index (χ2n) is 4.48. The topological polar surface area (TPSA) is 71.4 Å². The second kappa shape index (κ2) is 3.22. The summed E-state index contributed by atoms with van der Waals surface area (Å²) >= 11 is 0. The van der Waals surface area contributed by atoms with E-state index in [1.165, 1.54) is 0 Å². The molecule has 0 amide bonds. The standard InChI is InChI=1S/C9H16O4S/c1-6(2)7-4-9(5-7,8(10)11)14(3,12)13/h6-7H,4-5H2,1-3H3,(H,10,11). The molecule has 1 N–H and O–H groups in total. The van der Waals surface area contributed by atoms with Gasteiger partial charge in [-0.25, -0.2) is 8.42 Å². The molecule has 0 aromatic heterocycles. The third-order valence-corrected chi connectivity index (χ3v) is 5.15. The minimum atomic E-state index is -3.49. The van der Waals surface area contributed by atoms with Crippen molar-refractivity contribution in [3.05, 3.63) is 0 Å². The van der Waals surface area contributed by atoms with E-state index >= 15 is 0 Å². The first kappa shape index (κ1) is 11.5. The summed E-state index contributed by atoms with van der Waals surface area (Å²) < 4.78 is 21.2. The first-order valence-electron chi connectivity index (χ1n) is 4.64. The van der Waals surface area contributed by atoms with Gasteiger partial charge in [-0.3, -0.25) is 4.79 Å². The van der Waals surface area contributed by atoms with E-state index in [-0.39, 0.29) is 18.8 Å². The molecule has 0 bridgehead atoms. The molecule has 14 heavy (non-hydrogen) atoms. The van der Waals surface area contributed by atoms with Gasteiger partial charge in [-0.15, -0.1) is 0 Å². The second-order valence-corrected chi connectivity index (χ2v) is 6.81. The third kappa shape index (κ3) is 1.54. The molecule has 1 aliphatic carbocycles. The zero-order valence-corrected chi connectivity index (χ0v) is 9.47. The van der Waals surface area contributed by atoms with Gasteiger partial charge in [0.1, 0.15) is 0 Å². The van der Waals surface area contributed by atoms with Gasteiger partial charge in [-0.2, -0.15) is 0 Å². The first-order valence-corrected chi connectivity index (χ1v) is 6.53. The fourth-order valence-electron chi connectivity index (χ4n) is 1.89. The van der Waals surface area contributed by atoms with E-state index in [1.54, 1.807) is 0 Å². The number of carboxylic acid groups (broad SMARTS) is 1. The van der Waals surface area contributed by atoms with Crippen LogP contribution in [0.2, 0.25) is 0 Å². The van der Waals surface area contributed by atoms with Crippen LogP contribution in [-0.4, -0.2) is 30.5 Å². The molecule has 0 saturated heterocycles. The van der Waals surface area contributed by atoms with Gasteiger partial charge in [0.2, 0.25) is 0 Å². The lowest BCUT2D eigenvalue weighted by Crippen LogP contribution is -2.57. The summed E-state index contributed by atoms with van der Waals surface area (Å²) in [5.74, 6) is -0.623. The van der Waals surface area contributed by atoms with E-state index in [0.717, 1.165) is 6.26 Å². The lowest BCUT2D eigenvalue weighted by Gasteiger charge is -2.44. The number of hydrogen-bond acceptors (Lipinski definition) is 3. The van der Waals surface area contributed by atoms with E-state index in [4.69, 9.17) is 5.11 Å². The molecule has 1 saturated carbocycles. The molecule has 0 radical (unpaired) electrons. The summed E-state index contributed by atoms with van der Waals surface area (Å²) in [5, 5.41) is 8.94. The van der Waals surface area contributed by atoms with Crippen molar-refractivity contribution >= 4 is 15.8 Å². The molecule has 0 unspecified atom stereocenters. The van der Waals surface area contributed by atoms with Gasteiger partial charge < -0.3 is 5.11 Å². The van der Waals surface area contributed by atoms with Crippen LogP contribution in [0.4, 0.5) is 0 Å². The van der Waals surface area contributed by atoms with Gasteiger partial charge in [0.15, 0.2) is 14.6 Å². The highest BCUT2D eigenvalue weighted by Gasteiger charge is 2.58. The number of carbonyl (C=O) groups is 1. The van der Waals surface area contributed by atoms with Gasteiger partial charge in [-0.05, 0) is 24.7 Å². The van der Waals surface area contributed by atoms with Gasteiger partial charge in [-0.1, -0.05) is 13.8 Å². The Kier molecular flexibility index (Phi) is 2.65. The Morgan fingerprint density at radius 2 is 1.86 bits per heavy atom. The molecule has 82 valence electrons. The van der Waals surface area contributed by atoms with Crippen molar-refractivity contribution < 1.29 is 18.3 Å². The molecular formula is C9H16O4S. The Morgan fingerprint density at radius 3 is 2.07 bits per heavy atom. The summed E-state index contributed by atoms with van der Waals surface area (Å²) in [6.07, 6.45) is 1.54. The van der Waals surface area contributed by atoms with Gasteiger partial charge in [0.25, 0.3) is 0 Å². The van der Waals surface area contributed by atoms with E-state index in [2.05, 4.69) is 0 Å². The molecule has 1 aliphatic rings. The highest BCUT2D eigenvalue weighted by Crippen LogP contribution is 2.47. The lowest BCUT2D eigenvalue weighted by molar-refractivity contribution is -0.144. The molecule has 0 heterocycles. The normalized spacial score (nSPS) is 32.7. The molecular weight excluding hydrogens is 204 g/mol. The number of carboxylic acids is 1. The maximum Gasteiger partial charge on any atom is 0.325 e. The maximum atomic E-state index is 11.4. The fraction of sp³-hybridized carbons (Fsp3) is 0.889.